The Morgan fingerprint density at radius 3 is 1.94 bits per heavy atom. The zero-order valence-corrected chi connectivity index (χ0v) is 19.5. The highest BCUT2D eigenvalue weighted by Crippen LogP contribution is 2.34. The molecule has 3 aromatic rings. The maximum Gasteiger partial charge on any atom is 0.282 e. The van der Waals surface area contributed by atoms with E-state index in [1.165, 1.54) is 6.92 Å². The Balaban J connectivity index is 1.72. The van der Waals surface area contributed by atoms with Crippen LogP contribution in [0.4, 0.5) is 22.7 Å². The summed E-state index contributed by atoms with van der Waals surface area (Å²) in [5.74, 6) is -1.05. The maximum absolute atomic E-state index is 13.5. The van der Waals surface area contributed by atoms with Crippen molar-refractivity contribution in [3.05, 3.63) is 89.6 Å². The smallest absolute Gasteiger partial charge is 0.282 e. The van der Waals surface area contributed by atoms with E-state index in [9.17, 15) is 14.4 Å². The lowest BCUT2D eigenvalue weighted by molar-refractivity contribution is -0.120. The number of amides is 3. The Morgan fingerprint density at radius 2 is 1.38 bits per heavy atom. The quantitative estimate of drug-likeness (QED) is 0.539. The van der Waals surface area contributed by atoms with Gasteiger partial charge in [-0.1, -0.05) is 29.8 Å². The maximum atomic E-state index is 13.5. The predicted molar refractivity (Wildman–Crippen MR) is 136 cm³/mol. The van der Waals surface area contributed by atoms with Gasteiger partial charge in [-0.3, -0.25) is 14.4 Å². The van der Waals surface area contributed by atoms with Crippen LogP contribution in [0.5, 0.6) is 0 Å². The minimum atomic E-state index is -0.440. The van der Waals surface area contributed by atoms with Gasteiger partial charge in [0.2, 0.25) is 5.91 Å². The molecule has 0 radical (unpaired) electrons. The molecule has 0 atom stereocenters. The van der Waals surface area contributed by atoms with Crippen molar-refractivity contribution in [1.29, 1.82) is 0 Å². The first-order valence-corrected chi connectivity index (χ1v) is 10.9. The van der Waals surface area contributed by atoms with Crippen LogP contribution in [-0.4, -0.2) is 31.8 Å². The third kappa shape index (κ3) is 4.54. The minimum absolute atomic E-state index is 0.198. The fourth-order valence-corrected chi connectivity index (χ4v) is 3.75. The Kier molecular flexibility index (Phi) is 6.19. The Hall–Kier alpha value is -4.39. The summed E-state index contributed by atoms with van der Waals surface area (Å²) in [6.45, 7) is 3.39. The molecule has 0 bridgehead atoms. The topological polar surface area (TPSA) is 81.8 Å². The van der Waals surface area contributed by atoms with Crippen LogP contribution in [0.1, 0.15) is 18.1 Å². The number of aryl methyl sites for hydroxylation is 1. The first kappa shape index (κ1) is 22.8. The molecule has 1 aliphatic heterocycles. The van der Waals surface area contributed by atoms with Crippen molar-refractivity contribution in [3.63, 3.8) is 0 Å². The molecule has 1 aliphatic rings. The summed E-state index contributed by atoms with van der Waals surface area (Å²) in [6, 6.07) is 21.7. The van der Waals surface area contributed by atoms with Crippen LogP contribution in [0.15, 0.2) is 78.5 Å². The molecule has 4 rings (SSSR count). The van der Waals surface area contributed by atoms with Gasteiger partial charge in [-0.05, 0) is 61.0 Å². The van der Waals surface area contributed by atoms with Crippen molar-refractivity contribution in [2.45, 2.75) is 13.8 Å². The summed E-state index contributed by atoms with van der Waals surface area (Å²) >= 11 is 0. The summed E-state index contributed by atoms with van der Waals surface area (Å²) in [5, 5.41) is 5.86. The Labute approximate surface area is 198 Å². The van der Waals surface area contributed by atoms with E-state index in [4.69, 9.17) is 0 Å². The first-order valence-electron chi connectivity index (χ1n) is 10.9. The van der Waals surface area contributed by atoms with E-state index < -0.39 is 11.8 Å². The number of carbonyl (C=O) groups is 3. The van der Waals surface area contributed by atoms with Gasteiger partial charge in [0.15, 0.2) is 0 Å². The van der Waals surface area contributed by atoms with Crippen molar-refractivity contribution in [2.75, 3.05) is 34.5 Å². The van der Waals surface area contributed by atoms with Crippen molar-refractivity contribution in [2.24, 2.45) is 0 Å². The summed E-state index contributed by atoms with van der Waals surface area (Å²) in [5.41, 5.74) is 4.98. The van der Waals surface area contributed by atoms with Crippen LogP contribution < -0.4 is 20.4 Å². The van der Waals surface area contributed by atoms with E-state index in [2.05, 4.69) is 10.6 Å². The number of benzene rings is 3. The van der Waals surface area contributed by atoms with E-state index in [0.29, 0.717) is 28.2 Å². The van der Waals surface area contributed by atoms with Gasteiger partial charge >= 0.3 is 0 Å². The minimum Gasteiger partial charge on any atom is -0.378 e. The van der Waals surface area contributed by atoms with Crippen LogP contribution in [0.3, 0.4) is 0 Å². The molecule has 0 fully saturated rings. The Bertz CT molecular complexity index is 1270. The van der Waals surface area contributed by atoms with E-state index in [1.54, 1.807) is 24.3 Å². The molecule has 1 heterocycles. The Morgan fingerprint density at radius 1 is 0.794 bits per heavy atom. The van der Waals surface area contributed by atoms with Crippen LogP contribution >= 0.6 is 0 Å². The lowest BCUT2D eigenvalue weighted by atomic mass is 10.0. The van der Waals surface area contributed by atoms with Gasteiger partial charge in [-0.15, -0.1) is 0 Å². The highest BCUT2D eigenvalue weighted by Gasteiger charge is 2.40. The fourth-order valence-electron chi connectivity index (χ4n) is 3.75. The van der Waals surface area contributed by atoms with Gasteiger partial charge in [-0.2, -0.15) is 0 Å². The van der Waals surface area contributed by atoms with E-state index in [0.717, 1.165) is 16.2 Å². The molecular formula is C27H26N4O3. The number of hydrogen-bond acceptors (Lipinski definition) is 5. The molecule has 7 nitrogen and oxygen atoms in total. The average Bonchev–Trinajstić information content (AvgIpc) is 3.04. The second-order valence-electron chi connectivity index (χ2n) is 8.36. The number of rotatable bonds is 6. The highest BCUT2D eigenvalue weighted by molar-refractivity contribution is 6.46. The number of nitrogens with one attached hydrogen (secondary N) is 2. The van der Waals surface area contributed by atoms with Gasteiger partial charge in [0.05, 0.1) is 11.3 Å². The lowest BCUT2D eigenvalue weighted by Crippen LogP contribution is -2.32. The summed E-state index contributed by atoms with van der Waals surface area (Å²) < 4.78 is 0. The zero-order valence-electron chi connectivity index (χ0n) is 19.5. The van der Waals surface area contributed by atoms with Gasteiger partial charge < -0.3 is 15.5 Å². The number of imide groups is 1. The molecule has 3 aromatic carbocycles. The third-order valence-corrected chi connectivity index (χ3v) is 5.52. The molecule has 0 saturated carbocycles. The molecule has 0 spiro atoms. The molecule has 0 saturated heterocycles. The zero-order chi connectivity index (χ0) is 24.4. The van der Waals surface area contributed by atoms with E-state index in [1.807, 2.05) is 74.4 Å². The standard InChI is InChI=1S/C27H26N4O3/c1-17-5-7-19(8-6-17)24-25(29-21-9-13-22(14-10-21)30(3)4)27(34)31(26(24)33)23-15-11-20(12-16-23)28-18(2)32/h5-16,29H,1-4H3,(H,28,32). The molecule has 34 heavy (non-hydrogen) atoms. The van der Waals surface area contributed by atoms with Crippen molar-refractivity contribution in [1.82, 2.24) is 0 Å². The molecule has 0 unspecified atom stereocenters. The molecule has 0 aliphatic carbocycles. The second-order valence-corrected chi connectivity index (χ2v) is 8.36. The van der Waals surface area contributed by atoms with Crippen molar-refractivity contribution >= 4 is 46.0 Å². The number of hydrogen-bond donors (Lipinski definition) is 2. The molecule has 2 N–H and O–H groups in total. The van der Waals surface area contributed by atoms with E-state index in [-0.39, 0.29) is 11.6 Å². The normalized spacial score (nSPS) is 13.4. The fraction of sp³-hybridized carbons (Fsp3) is 0.148. The predicted octanol–water partition coefficient (Wildman–Crippen LogP) is 4.42. The monoisotopic (exact) mass is 454 g/mol. The van der Waals surface area contributed by atoms with Gasteiger partial charge in [0, 0.05) is 38.1 Å². The second kappa shape index (κ2) is 9.23. The third-order valence-electron chi connectivity index (χ3n) is 5.52. The molecule has 3 amide bonds. The summed E-state index contributed by atoms with van der Waals surface area (Å²) in [7, 11) is 3.91. The van der Waals surface area contributed by atoms with Gasteiger partial charge in [-0.25, -0.2) is 4.90 Å². The molecule has 7 heteroatoms. The van der Waals surface area contributed by atoms with Crippen LogP contribution in [0.25, 0.3) is 5.57 Å². The molecule has 172 valence electrons. The largest absolute Gasteiger partial charge is 0.378 e. The van der Waals surface area contributed by atoms with E-state index >= 15 is 0 Å². The number of anilines is 4. The first-order chi connectivity index (χ1) is 16.2. The molecular weight excluding hydrogens is 428 g/mol. The summed E-state index contributed by atoms with van der Waals surface area (Å²) in [4.78, 5) is 41.5. The van der Waals surface area contributed by atoms with Crippen LogP contribution in [0, 0.1) is 6.92 Å². The lowest BCUT2D eigenvalue weighted by Gasteiger charge is -2.16. The highest BCUT2D eigenvalue weighted by atomic mass is 16.2. The number of nitrogens with zero attached hydrogens (tertiary/aromatic N) is 2. The van der Waals surface area contributed by atoms with Gasteiger partial charge in [0.1, 0.15) is 5.70 Å². The molecule has 0 aromatic heterocycles. The van der Waals surface area contributed by atoms with Crippen LogP contribution in [0.2, 0.25) is 0 Å². The van der Waals surface area contributed by atoms with Crippen molar-refractivity contribution in [3.8, 4) is 0 Å². The SMILES string of the molecule is CC(=O)Nc1ccc(N2C(=O)C(Nc3ccc(N(C)C)cc3)=C(c3ccc(C)cc3)C2=O)cc1. The van der Waals surface area contributed by atoms with Crippen LogP contribution in [-0.2, 0) is 14.4 Å². The van der Waals surface area contributed by atoms with Gasteiger partial charge in [0.25, 0.3) is 11.8 Å². The number of carbonyl (C=O) groups excluding carboxylic acids is 3. The summed E-state index contributed by atoms with van der Waals surface area (Å²) in [6.07, 6.45) is 0. The average molecular weight is 455 g/mol. The van der Waals surface area contributed by atoms with Crippen molar-refractivity contribution < 1.29 is 14.4 Å².